The molecule has 1 aromatic heterocycles. The molecule has 2 unspecified atom stereocenters. The van der Waals surface area contributed by atoms with Crippen LogP contribution in [0.2, 0.25) is 0 Å². The molecular formula is C49H59N5O20P3S2-. The average molecular weight is 1200 g/mol. The van der Waals surface area contributed by atoms with Crippen molar-refractivity contribution < 1.29 is 88.0 Å². The number of hydrogen-bond donors (Lipinski definition) is 5. The highest BCUT2D eigenvalue weighted by Crippen LogP contribution is 2.76. The van der Waals surface area contributed by atoms with E-state index in [1.54, 1.807) is 6.07 Å². The number of nitrogens with one attached hydrogen (secondary N) is 2. The lowest BCUT2D eigenvalue weighted by Gasteiger charge is -2.27. The molecule has 5 N–H and O–H groups in total. The summed E-state index contributed by atoms with van der Waals surface area (Å²) in [5.74, 6) is 4.28. The molecule has 4 atom stereocenters. The maximum absolute atomic E-state index is 12.9. The van der Waals surface area contributed by atoms with Gasteiger partial charge >= 0.3 is 35.9 Å². The maximum atomic E-state index is 12.9. The molecule has 428 valence electrons. The van der Waals surface area contributed by atoms with Gasteiger partial charge in [-0.05, 0) is 94.3 Å². The monoisotopic (exact) mass is 1190 g/mol. The predicted octanol–water partition coefficient (Wildman–Crippen LogP) is 6.40. The number of fused-ring (bicyclic) bond motifs is 2. The van der Waals surface area contributed by atoms with Crippen molar-refractivity contribution in [2.75, 3.05) is 31.1 Å². The average Bonchev–Trinajstić information content (AvgIpc) is 4.09. The summed E-state index contributed by atoms with van der Waals surface area (Å²) < 4.78 is 91.6. The lowest BCUT2D eigenvalue weighted by Crippen LogP contribution is -2.33. The zero-order valence-electron chi connectivity index (χ0n) is 43.3. The van der Waals surface area contributed by atoms with Crippen molar-refractivity contribution in [2.24, 2.45) is 0 Å². The number of H-pyrrole nitrogens is 1. The number of carboxylic acids is 1. The van der Waals surface area contributed by atoms with Crippen molar-refractivity contribution >= 4 is 75.4 Å². The van der Waals surface area contributed by atoms with Gasteiger partial charge in [0, 0.05) is 71.4 Å². The van der Waals surface area contributed by atoms with Crippen LogP contribution in [0.15, 0.2) is 98.1 Å². The Morgan fingerprint density at radius 3 is 2.43 bits per heavy atom. The number of nitrogens with zero attached hydrogens (tertiary/aromatic N) is 3. The van der Waals surface area contributed by atoms with Crippen LogP contribution in [0, 0.1) is 11.8 Å². The van der Waals surface area contributed by atoms with E-state index in [0.29, 0.717) is 68.5 Å². The first kappa shape index (κ1) is 61.7. The minimum atomic E-state index is -4.90. The largest absolute Gasteiger partial charge is 0.744 e. The molecule has 30 heteroatoms. The molecule has 25 nitrogen and oxygen atoms in total. The summed E-state index contributed by atoms with van der Waals surface area (Å²) in [5.41, 5.74) is 2.44. The molecule has 5 heterocycles. The molecule has 4 aliphatic rings. The fourth-order valence-corrected chi connectivity index (χ4v) is 14.7. The number of ether oxygens (including phenoxy) is 1. The number of allylic oxidation sites excluding steroid dienone is 6. The fraction of sp³-hybridized carbons (Fsp3) is 0.449. The Bertz CT molecular complexity index is 3310. The minimum Gasteiger partial charge on any atom is -0.744 e. The number of carbonyl (C=O) groups excluding carboxylic acids is 1. The van der Waals surface area contributed by atoms with Crippen LogP contribution in [0.4, 0.5) is 11.4 Å². The highest BCUT2D eigenvalue weighted by molar-refractivity contribution is 7.94. The third kappa shape index (κ3) is 16.0. The van der Waals surface area contributed by atoms with E-state index in [0.717, 1.165) is 45.0 Å². The quantitative estimate of drug-likeness (QED) is 0.00745. The summed E-state index contributed by atoms with van der Waals surface area (Å²) in [6.45, 7) is 8.84. The number of phosphoric acid groups is 2. The number of amides is 1. The zero-order valence-corrected chi connectivity index (χ0v) is 47.6. The van der Waals surface area contributed by atoms with Crippen LogP contribution in [-0.4, -0.2) is 91.9 Å². The van der Waals surface area contributed by atoms with Gasteiger partial charge in [-0.1, -0.05) is 50.3 Å². The number of rotatable bonds is 24. The Morgan fingerprint density at radius 2 is 1.71 bits per heavy atom. The predicted molar refractivity (Wildman–Crippen MR) is 283 cm³/mol. The lowest BCUT2D eigenvalue weighted by molar-refractivity contribution is -0.777. The highest BCUT2D eigenvalue weighted by Gasteiger charge is 2.49. The van der Waals surface area contributed by atoms with Gasteiger partial charge in [-0.15, -0.1) is 0 Å². The van der Waals surface area contributed by atoms with E-state index in [1.807, 2.05) is 62.4 Å². The van der Waals surface area contributed by atoms with E-state index in [9.17, 15) is 56.3 Å². The van der Waals surface area contributed by atoms with Gasteiger partial charge in [-0.2, -0.15) is 13.2 Å². The number of carboxylic acid groups (broad SMARTS) is 1. The van der Waals surface area contributed by atoms with Crippen molar-refractivity contribution in [1.82, 2.24) is 14.9 Å². The van der Waals surface area contributed by atoms with Crippen LogP contribution in [0.5, 0.6) is 0 Å². The summed E-state index contributed by atoms with van der Waals surface area (Å²) in [6.07, 6.45) is 14.0. The molecule has 2 saturated heterocycles. The van der Waals surface area contributed by atoms with Gasteiger partial charge in [-0.25, -0.2) is 31.0 Å². The normalized spacial score (nSPS) is 23.8. The fourth-order valence-electron chi connectivity index (χ4n) is 9.57. The van der Waals surface area contributed by atoms with Crippen molar-refractivity contribution in [2.45, 2.75) is 125 Å². The molecular weight excluding hydrogens is 1140 g/mol. The maximum Gasteiger partial charge on any atom is 0.488 e. The number of benzene rings is 2. The van der Waals surface area contributed by atoms with Crippen molar-refractivity contribution in [3.8, 4) is 11.8 Å². The van der Waals surface area contributed by atoms with Crippen LogP contribution in [-0.2, 0) is 71.2 Å². The number of unbranched alkanes of at least 4 members (excludes halogenated alkanes) is 4. The third-order valence-electron chi connectivity index (χ3n) is 13.3. The van der Waals surface area contributed by atoms with E-state index in [1.165, 1.54) is 18.3 Å². The minimum absolute atomic E-state index is 0.0596. The van der Waals surface area contributed by atoms with Crippen molar-refractivity contribution in [3.63, 3.8) is 0 Å². The topological polar surface area (TPSA) is 347 Å². The molecule has 0 spiro atoms. The van der Waals surface area contributed by atoms with Crippen molar-refractivity contribution in [1.29, 1.82) is 0 Å². The molecule has 2 aromatic carbocycles. The molecule has 3 aromatic rings. The first-order valence-electron chi connectivity index (χ1n) is 24.8. The summed E-state index contributed by atoms with van der Waals surface area (Å²) in [7, 11) is -17.2. The molecule has 0 saturated carbocycles. The van der Waals surface area contributed by atoms with E-state index in [2.05, 4.69) is 67.8 Å². The molecule has 0 bridgehead atoms. The molecule has 0 aliphatic carbocycles. The summed E-state index contributed by atoms with van der Waals surface area (Å²) in [4.78, 5) is 72.9. The lowest BCUT2D eigenvalue weighted by atomic mass is 9.81. The number of carbonyl (C=O) groups is 2. The van der Waals surface area contributed by atoms with Gasteiger partial charge in [0.05, 0.1) is 41.6 Å². The van der Waals surface area contributed by atoms with Crippen LogP contribution in [0.25, 0.3) is 0 Å². The van der Waals surface area contributed by atoms with Crippen LogP contribution < -0.4 is 26.7 Å². The summed E-state index contributed by atoms with van der Waals surface area (Å²) in [6, 6.07) is 10.1. The number of aromatic amines is 1. The van der Waals surface area contributed by atoms with Gasteiger partial charge in [0.15, 0.2) is 5.71 Å². The Balaban J connectivity index is 0.957. The van der Waals surface area contributed by atoms with Gasteiger partial charge in [-0.3, -0.25) is 29.0 Å². The number of aliphatic carboxylic acids is 1. The highest BCUT2D eigenvalue weighted by atomic mass is 32.2. The summed E-state index contributed by atoms with van der Waals surface area (Å²) >= 11 is 0.793. The SMILES string of the molecule is CC1(C)C(/C=C/C=C/C=C2/N(CCCCCC(=O)O)c3ccc(S(=O)(=O)[O-])cc3C2(C)C)=[N+](CCCCCC(=O)NCC#Cc2cn([C@H]3CC[C@@H](COP4OP(=O)(O)OP(=O)(O)O4)O3)c(=O)[nH]c2=O)c2ccc(SOO[O-])cc21. The van der Waals surface area contributed by atoms with Crippen LogP contribution in [0.3, 0.4) is 0 Å². The smallest absolute Gasteiger partial charge is 0.488 e. The van der Waals surface area contributed by atoms with E-state index >= 15 is 0 Å². The zero-order chi connectivity index (χ0) is 57.3. The Labute approximate surface area is 460 Å². The number of aromatic nitrogens is 2. The number of anilines is 1. The van der Waals surface area contributed by atoms with E-state index in [4.69, 9.17) is 14.4 Å². The Kier molecular flexibility index (Phi) is 20.5. The Morgan fingerprint density at radius 1 is 0.975 bits per heavy atom. The molecule has 4 aliphatic heterocycles. The molecule has 0 radical (unpaired) electrons. The van der Waals surface area contributed by atoms with E-state index in [-0.39, 0.29) is 48.8 Å². The molecule has 1 amide bonds. The van der Waals surface area contributed by atoms with E-state index < -0.39 is 74.7 Å². The van der Waals surface area contributed by atoms with Crippen LogP contribution >= 0.6 is 36.3 Å². The number of hydrogen-bond acceptors (Lipinski definition) is 19. The molecule has 7 rings (SSSR count). The van der Waals surface area contributed by atoms with Gasteiger partial charge in [0.1, 0.15) is 28.5 Å². The standard InChI is InChI=1S/C49H60N5O20P3S2/c1-48(2)37-29-35(78-71-70-60)21-23-39(37)52(41(48)16-8-5-9-17-42-49(3,4)38-30-36(79(65,66)67)22-24-40(38)53(42)28-13-7-11-19-45(56)57)27-12-6-10-18-43(55)50-26-14-15-33-31-54(47(59)51-46(33)58)44-25-20-34(69-44)32-68-75-72-76(61,62)74-77(63,64)73-75/h5,8-9,16-17,21-24,29-31,34,44H,6-7,10-13,18-20,25-28,32H2,1-4H3,(H6-,50,51,55,56,57,58,59,60,61,62,63,64,65,66,67)/p-1/t34-,44+/m0/s1. The van der Waals surface area contributed by atoms with Gasteiger partial charge < -0.3 is 44.2 Å². The first-order valence-corrected chi connectivity index (χ1v) is 31.1. The molecule has 2 fully saturated rings. The Hall–Kier alpha value is -4.94. The van der Waals surface area contributed by atoms with Gasteiger partial charge in [0.25, 0.3) is 5.56 Å². The second-order valence-electron chi connectivity index (χ2n) is 19.6. The van der Waals surface area contributed by atoms with Gasteiger partial charge in [0.2, 0.25) is 11.6 Å². The third-order valence-corrected chi connectivity index (χ3v) is 19.5. The summed E-state index contributed by atoms with van der Waals surface area (Å²) in [5, 5.41) is 26.1. The second kappa shape index (κ2) is 26.3. The van der Waals surface area contributed by atoms with Crippen LogP contribution in [0.1, 0.15) is 115 Å². The molecule has 79 heavy (non-hydrogen) atoms. The van der Waals surface area contributed by atoms with Crippen molar-refractivity contribution in [3.05, 3.63) is 116 Å². The first-order chi connectivity index (χ1) is 37.3. The second-order valence-corrected chi connectivity index (χ2v) is 26.3.